The third-order valence-corrected chi connectivity index (χ3v) is 5.23. The van der Waals surface area contributed by atoms with Crippen LogP contribution in [-0.4, -0.2) is 76.5 Å². The molecule has 0 saturated heterocycles. The smallest absolute Gasteiger partial charge is 0.326 e. The second-order valence-corrected chi connectivity index (χ2v) is 8.37. The Hall–Kier alpha value is -4.20. The van der Waals surface area contributed by atoms with E-state index in [2.05, 4.69) is 20.9 Å². The quantitative estimate of drug-likeness (QED) is 0.0676. The van der Waals surface area contributed by atoms with Gasteiger partial charge in [-0.15, -0.1) is 0 Å². The fourth-order valence-electron chi connectivity index (χ4n) is 3.19. The normalized spacial score (nSPS) is 13.8. The monoisotopic (exact) mass is 521 g/mol. The molecule has 0 bridgehead atoms. The molecule has 14 nitrogen and oxygen atoms in total. The molecule has 1 rings (SSSR count). The molecular formula is C23H35N7O7. The average molecular weight is 522 g/mol. The van der Waals surface area contributed by atoms with Crippen molar-refractivity contribution >= 4 is 35.6 Å². The predicted octanol–water partition coefficient (Wildman–Crippen LogP) is -1.97. The van der Waals surface area contributed by atoms with Crippen molar-refractivity contribution in [3.8, 4) is 0 Å². The van der Waals surface area contributed by atoms with E-state index in [1.807, 2.05) is 0 Å². The lowest BCUT2D eigenvalue weighted by Gasteiger charge is -2.23. The highest BCUT2D eigenvalue weighted by atomic mass is 16.4. The average Bonchev–Trinajstić information content (AvgIpc) is 2.83. The minimum absolute atomic E-state index is 0.0419. The molecule has 0 aromatic heterocycles. The van der Waals surface area contributed by atoms with Gasteiger partial charge in [-0.3, -0.25) is 24.2 Å². The van der Waals surface area contributed by atoms with Crippen molar-refractivity contribution in [3.05, 3.63) is 35.9 Å². The van der Waals surface area contributed by atoms with E-state index >= 15 is 0 Å². The second kappa shape index (κ2) is 15.7. The molecule has 3 amide bonds. The van der Waals surface area contributed by atoms with Gasteiger partial charge in [-0.1, -0.05) is 30.3 Å². The summed E-state index contributed by atoms with van der Waals surface area (Å²) in [5.74, 6) is -4.71. The van der Waals surface area contributed by atoms with Gasteiger partial charge in [0.05, 0.1) is 6.04 Å². The Kier molecular flexibility index (Phi) is 13.1. The molecule has 0 radical (unpaired) electrons. The summed E-state index contributed by atoms with van der Waals surface area (Å²) in [6, 6.07) is 4.06. The molecule has 4 atom stereocenters. The second-order valence-electron chi connectivity index (χ2n) is 8.37. The zero-order valence-corrected chi connectivity index (χ0v) is 20.6. The maximum Gasteiger partial charge on any atom is 0.326 e. The number of carbonyl (C=O) groups is 5. The standard InChI is InChI=1S/C23H35N7O7/c1-13(19(33)30-17(22(36)37)12-14-6-3-2-4-7-14)28-21(35)16(8-5-11-27-23(25)26)29-20(34)15(24)9-10-18(31)32/h2-4,6-7,13,15-17H,5,8-12,24H2,1H3,(H,28,35)(H,29,34)(H,30,33)(H,31,32)(H,36,37)(H4,25,26,27). The van der Waals surface area contributed by atoms with Crippen LogP contribution >= 0.6 is 0 Å². The van der Waals surface area contributed by atoms with Crippen LogP contribution in [0.2, 0.25) is 0 Å². The fraction of sp³-hybridized carbons (Fsp3) is 0.478. The number of guanidine groups is 1. The third-order valence-electron chi connectivity index (χ3n) is 5.23. The number of carboxylic acids is 2. The number of carbonyl (C=O) groups excluding carboxylic acids is 3. The lowest BCUT2D eigenvalue weighted by Crippen LogP contribution is -2.56. The van der Waals surface area contributed by atoms with Gasteiger partial charge in [0.15, 0.2) is 5.96 Å². The number of carboxylic acid groups (broad SMARTS) is 2. The van der Waals surface area contributed by atoms with Crippen LogP contribution in [0.15, 0.2) is 35.3 Å². The third kappa shape index (κ3) is 12.4. The Balaban J connectivity index is 2.82. The van der Waals surface area contributed by atoms with Gasteiger partial charge in [0.25, 0.3) is 0 Å². The van der Waals surface area contributed by atoms with Crippen molar-refractivity contribution in [2.24, 2.45) is 22.2 Å². The summed E-state index contributed by atoms with van der Waals surface area (Å²) in [6.07, 6.45) is -0.0546. The first kappa shape index (κ1) is 30.8. The Bertz CT molecular complexity index is 967. The number of hydrogen-bond donors (Lipinski definition) is 8. The number of nitrogens with one attached hydrogen (secondary N) is 3. The van der Waals surface area contributed by atoms with Crippen LogP contribution in [-0.2, 0) is 30.4 Å². The highest BCUT2D eigenvalue weighted by Gasteiger charge is 2.28. The molecule has 0 aliphatic heterocycles. The summed E-state index contributed by atoms with van der Waals surface area (Å²) in [5, 5.41) is 25.6. The van der Waals surface area contributed by atoms with E-state index in [4.69, 9.17) is 22.3 Å². The number of benzene rings is 1. The number of rotatable bonds is 16. The van der Waals surface area contributed by atoms with Gasteiger partial charge in [-0.05, 0) is 31.7 Å². The fourth-order valence-corrected chi connectivity index (χ4v) is 3.19. The number of aliphatic carboxylic acids is 2. The van der Waals surface area contributed by atoms with Crippen LogP contribution in [0.3, 0.4) is 0 Å². The van der Waals surface area contributed by atoms with Crippen LogP contribution in [0.25, 0.3) is 0 Å². The number of hydrogen-bond acceptors (Lipinski definition) is 7. The molecule has 0 saturated carbocycles. The number of amides is 3. The highest BCUT2D eigenvalue weighted by Crippen LogP contribution is 2.05. The van der Waals surface area contributed by atoms with Crippen LogP contribution < -0.4 is 33.2 Å². The molecule has 204 valence electrons. The van der Waals surface area contributed by atoms with E-state index in [0.717, 1.165) is 0 Å². The molecule has 0 aliphatic carbocycles. The number of nitrogens with zero attached hydrogens (tertiary/aromatic N) is 1. The van der Waals surface area contributed by atoms with E-state index in [1.165, 1.54) is 6.92 Å². The van der Waals surface area contributed by atoms with Crippen molar-refractivity contribution in [1.29, 1.82) is 0 Å². The number of aliphatic imine (C=N–C) groups is 1. The summed E-state index contributed by atoms with van der Waals surface area (Å²) < 4.78 is 0. The lowest BCUT2D eigenvalue weighted by atomic mass is 10.1. The first-order valence-corrected chi connectivity index (χ1v) is 11.6. The summed E-state index contributed by atoms with van der Waals surface area (Å²) in [4.78, 5) is 64.1. The van der Waals surface area contributed by atoms with Gasteiger partial charge in [-0.25, -0.2) is 4.79 Å². The molecule has 0 heterocycles. The van der Waals surface area contributed by atoms with Crippen LogP contribution in [0.5, 0.6) is 0 Å². The topological polar surface area (TPSA) is 252 Å². The van der Waals surface area contributed by atoms with E-state index in [9.17, 15) is 29.1 Å². The summed E-state index contributed by atoms with van der Waals surface area (Å²) in [7, 11) is 0. The first-order valence-electron chi connectivity index (χ1n) is 11.6. The van der Waals surface area contributed by atoms with E-state index in [-0.39, 0.29) is 38.2 Å². The molecule has 1 aromatic carbocycles. The largest absolute Gasteiger partial charge is 0.481 e. The number of nitrogens with two attached hydrogens (primary N) is 3. The van der Waals surface area contributed by atoms with Gasteiger partial charge in [-0.2, -0.15) is 0 Å². The highest BCUT2D eigenvalue weighted by molar-refractivity contribution is 5.94. The summed E-state index contributed by atoms with van der Waals surface area (Å²) >= 11 is 0. The van der Waals surface area contributed by atoms with E-state index < -0.39 is 53.8 Å². The Labute approximate surface area is 214 Å². The lowest BCUT2D eigenvalue weighted by molar-refractivity contribution is -0.142. The Morgan fingerprint density at radius 3 is 2.08 bits per heavy atom. The van der Waals surface area contributed by atoms with E-state index in [0.29, 0.717) is 12.0 Å². The van der Waals surface area contributed by atoms with Crippen molar-refractivity contribution in [1.82, 2.24) is 16.0 Å². The minimum atomic E-state index is -1.24. The molecule has 1 aromatic rings. The zero-order valence-electron chi connectivity index (χ0n) is 20.6. The molecular weight excluding hydrogens is 486 g/mol. The Morgan fingerprint density at radius 1 is 0.892 bits per heavy atom. The molecule has 0 fully saturated rings. The molecule has 14 heteroatoms. The van der Waals surface area contributed by atoms with E-state index in [1.54, 1.807) is 30.3 Å². The van der Waals surface area contributed by atoms with Gasteiger partial charge in [0.1, 0.15) is 18.1 Å². The molecule has 11 N–H and O–H groups in total. The van der Waals surface area contributed by atoms with Crippen molar-refractivity contribution in [2.75, 3.05) is 6.54 Å². The Morgan fingerprint density at radius 2 is 1.51 bits per heavy atom. The van der Waals surface area contributed by atoms with Crippen LogP contribution in [0, 0.1) is 0 Å². The van der Waals surface area contributed by atoms with Crippen molar-refractivity contribution in [2.45, 2.75) is 63.2 Å². The molecule has 0 spiro atoms. The molecule has 37 heavy (non-hydrogen) atoms. The van der Waals surface area contributed by atoms with Gasteiger partial charge >= 0.3 is 11.9 Å². The van der Waals surface area contributed by atoms with Crippen molar-refractivity contribution < 1.29 is 34.2 Å². The minimum Gasteiger partial charge on any atom is -0.481 e. The molecule has 4 unspecified atom stereocenters. The summed E-state index contributed by atoms with van der Waals surface area (Å²) in [6.45, 7) is 1.54. The van der Waals surface area contributed by atoms with Crippen molar-refractivity contribution in [3.63, 3.8) is 0 Å². The zero-order chi connectivity index (χ0) is 28.0. The SMILES string of the molecule is CC(NC(=O)C(CCCN=C(N)N)NC(=O)C(N)CCC(=O)O)C(=O)NC(Cc1ccccc1)C(=O)O. The maximum atomic E-state index is 12.9. The maximum absolute atomic E-state index is 12.9. The van der Waals surface area contributed by atoms with Gasteiger partial charge < -0.3 is 43.4 Å². The van der Waals surface area contributed by atoms with Crippen LogP contribution in [0.1, 0.15) is 38.2 Å². The summed E-state index contributed by atoms with van der Waals surface area (Å²) in [5.41, 5.74) is 17.0. The van der Waals surface area contributed by atoms with Gasteiger partial charge in [0.2, 0.25) is 17.7 Å². The van der Waals surface area contributed by atoms with Gasteiger partial charge in [0, 0.05) is 19.4 Å². The first-order chi connectivity index (χ1) is 17.4. The molecule has 0 aliphatic rings. The van der Waals surface area contributed by atoms with Crippen LogP contribution in [0.4, 0.5) is 0 Å². The predicted molar refractivity (Wildman–Crippen MR) is 134 cm³/mol.